The minimum Gasteiger partial charge on any atom is -0.481 e. The van der Waals surface area contributed by atoms with Crippen LogP contribution in [0.25, 0.3) is 0 Å². The van der Waals surface area contributed by atoms with Crippen molar-refractivity contribution in [2.45, 2.75) is 33.2 Å². The van der Waals surface area contributed by atoms with E-state index in [1.807, 2.05) is 11.8 Å². The summed E-state index contributed by atoms with van der Waals surface area (Å²) in [6, 6.07) is 0.471. The van der Waals surface area contributed by atoms with Crippen LogP contribution in [0.2, 0.25) is 0 Å². The predicted octanol–water partition coefficient (Wildman–Crippen LogP) is 0.929. The number of amides is 2. The Labute approximate surface area is 115 Å². The van der Waals surface area contributed by atoms with Crippen molar-refractivity contribution in [2.75, 3.05) is 39.3 Å². The number of aliphatic carboxylic acids is 1. The van der Waals surface area contributed by atoms with Gasteiger partial charge in [-0.1, -0.05) is 0 Å². The van der Waals surface area contributed by atoms with Gasteiger partial charge in [-0.3, -0.25) is 9.69 Å². The minimum absolute atomic E-state index is 0.00550. The van der Waals surface area contributed by atoms with Gasteiger partial charge in [-0.2, -0.15) is 0 Å². The van der Waals surface area contributed by atoms with Crippen LogP contribution >= 0.6 is 0 Å². The third-order valence-electron chi connectivity index (χ3n) is 3.56. The number of carboxylic acid groups (broad SMARTS) is 1. The van der Waals surface area contributed by atoms with Gasteiger partial charge in [0.25, 0.3) is 0 Å². The van der Waals surface area contributed by atoms with E-state index >= 15 is 0 Å². The van der Waals surface area contributed by atoms with Crippen molar-refractivity contribution in [2.24, 2.45) is 0 Å². The second-order valence-electron chi connectivity index (χ2n) is 5.12. The maximum Gasteiger partial charge on any atom is 0.320 e. The normalized spacial score (nSPS) is 16.7. The third-order valence-corrected chi connectivity index (χ3v) is 3.56. The van der Waals surface area contributed by atoms with Crippen molar-refractivity contribution in [3.63, 3.8) is 0 Å². The lowest BCUT2D eigenvalue weighted by molar-refractivity contribution is -0.137. The molecule has 0 aromatic rings. The largest absolute Gasteiger partial charge is 0.481 e. The molecular formula is C13H25N3O3. The van der Waals surface area contributed by atoms with Crippen LogP contribution in [0.5, 0.6) is 0 Å². The molecule has 0 bridgehead atoms. The molecule has 19 heavy (non-hydrogen) atoms. The van der Waals surface area contributed by atoms with E-state index in [1.54, 1.807) is 4.90 Å². The van der Waals surface area contributed by atoms with Crippen LogP contribution in [0, 0.1) is 0 Å². The summed E-state index contributed by atoms with van der Waals surface area (Å²) in [5, 5.41) is 8.69. The van der Waals surface area contributed by atoms with E-state index in [-0.39, 0.29) is 19.0 Å². The molecule has 6 nitrogen and oxygen atoms in total. The summed E-state index contributed by atoms with van der Waals surface area (Å²) in [6.45, 7) is 10.3. The summed E-state index contributed by atoms with van der Waals surface area (Å²) in [4.78, 5) is 28.6. The van der Waals surface area contributed by atoms with Gasteiger partial charge in [0.05, 0.1) is 6.42 Å². The number of rotatable bonds is 5. The fourth-order valence-corrected chi connectivity index (χ4v) is 2.25. The van der Waals surface area contributed by atoms with Crippen LogP contribution < -0.4 is 0 Å². The van der Waals surface area contributed by atoms with Gasteiger partial charge in [-0.15, -0.1) is 0 Å². The highest BCUT2D eigenvalue weighted by molar-refractivity contribution is 5.75. The minimum atomic E-state index is -0.865. The number of carbonyl (C=O) groups is 2. The smallest absolute Gasteiger partial charge is 0.320 e. The van der Waals surface area contributed by atoms with Crippen molar-refractivity contribution in [1.82, 2.24) is 14.7 Å². The average molecular weight is 271 g/mol. The molecule has 0 aromatic carbocycles. The van der Waals surface area contributed by atoms with Crippen molar-refractivity contribution in [3.05, 3.63) is 0 Å². The molecule has 2 amide bonds. The lowest BCUT2D eigenvalue weighted by atomic mass is 10.2. The van der Waals surface area contributed by atoms with Gasteiger partial charge < -0.3 is 14.9 Å². The molecule has 0 radical (unpaired) electrons. The quantitative estimate of drug-likeness (QED) is 0.808. The maximum atomic E-state index is 12.3. The first-order valence-electron chi connectivity index (χ1n) is 6.95. The zero-order chi connectivity index (χ0) is 14.4. The van der Waals surface area contributed by atoms with Gasteiger partial charge in [0, 0.05) is 45.3 Å². The molecule has 0 aliphatic carbocycles. The monoisotopic (exact) mass is 271 g/mol. The number of nitrogens with zero attached hydrogens (tertiary/aromatic N) is 3. The van der Waals surface area contributed by atoms with Gasteiger partial charge in [0.15, 0.2) is 0 Å². The fourth-order valence-electron chi connectivity index (χ4n) is 2.25. The van der Waals surface area contributed by atoms with Crippen LogP contribution in [-0.2, 0) is 4.79 Å². The van der Waals surface area contributed by atoms with E-state index in [0.717, 1.165) is 26.2 Å². The molecule has 1 aliphatic rings. The highest BCUT2D eigenvalue weighted by Gasteiger charge is 2.25. The first kappa shape index (κ1) is 15.8. The zero-order valence-corrected chi connectivity index (χ0v) is 12.1. The molecule has 110 valence electrons. The molecule has 1 saturated heterocycles. The SMILES string of the molecule is CCN(CCC(=O)O)C(=O)N1CCN(C(C)C)CC1. The molecule has 1 N–H and O–H groups in total. The summed E-state index contributed by atoms with van der Waals surface area (Å²) in [6.07, 6.45) is 0.00550. The number of piperazine rings is 1. The second-order valence-corrected chi connectivity index (χ2v) is 5.12. The van der Waals surface area contributed by atoms with Crippen molar-refractivity contribution < 1.29 is 14.7 Å². The Morgan fingerprint density at radius 1 is 1.21 bits per heavy atom. The van der Waals surface area contributed by atoms with Crippen molar-refractivity contribution in [1.29, 1.82) is 0 Å². The Morgan fingerprint density at radius 2 is 1.79 bits per heavy atom. The van der Waals surface area contributed by atoms with E-state index in [2.05, 4.69) is 18.7 Å². The van der Waals surface area contributed by atoms with E-state index in [0.29, 0.717) is 12.6 Å². The molecule has 6 heteroatoms. The zero-order valence-electron chi connectivity index (χ0n) is 12.1. The summed E-state index contributed by atoms with van der Waals surface area (Å²) in [7, 11) is 0. The summed E-state index contributed by atoms with van der Waals surface area (Å²) < 4.78 is 0. The van der Waals surface area contributed by atoms with Gasteiger partial charge in [0.1, 0.15) is 0 Å². The highest BCUT2D eigenvalue weighted by atomic mass is 16.4. The van der Waals surface area contributed by atoms with E-state index in [9.17, 15) is 9.59 Å². The van der Waals surface area contributed by atoms with Crippen LogP contribution in [0.1, 0.15) is 27.2 Å². The van der Waals surface area contributed by atoms with Gasteiger partial charge in [0.2, 0.25) is 0 Å². The Balaban J connectivity index is 2.46. The molecule has 1 rings (SSSR count). The topological polar surface area (TPSA) is 64.1 Å². The summed E-state index contributed by atoms with van der Waals surface area (Å²) in [5.41, 5.74) is 0. The Bertz CT molecular complexity index is 312. The van der Waals surface area contributed by atoms with Crippen molar-refractivity contribution >= 4 is 12.0 Å². The van der Waals surface area contributed by atoms with E-state index in [1.165, 1.54) is 0 Å². The number of carboxylic acids is 1. The Hall–Kier alpha value is -1.30. The highest BCUT2D eigenvalue weighted by Crippen LogP contribution is 2.09. The Morgan fingerprint density at radius 3 is 2.21 bits per heavy atom. The molecule has 1 fully saturated rings. The second kappa shape index (κ2) is 7.33. The lowest BCUT2D eigenvalue weighted by Crippen LogP contribution is -2.54. The summed E-state index contributed by atoms with van der Waals surface area (Å²) >= 11 is 0. The van der Waals surface area contributed by atoms with Gasteiger partial charge >= 0.3 is 12.0 Å². The average Bonchev–Trinajstić information content (AvgIpc) is 2.39. The first-order valence-corrected chi connectivity index (χ1v) is 6.95. The molecular weight excluding hydrogens is 246 g/mol. The standard InChI is InChI=1S/C13H25N3O3/c1-4-14(6-5-12(17)18)13(19)16-9-7-15(8-10-16)11(2)3/h11H,4-10H2,1-3H3,(H,17,18). The fraction of sp³-hybridized carbons (Fsp3) is 0.846. The maximum absolute atomic E-state index is 12.3. The Kier molecular flexibility index (Phi) is 6.08. The van der Waals surface area contributed by atoms with E-state index < -0.39 is 5.97 Å². The molecule has 0 unspecified atom stereocenters. The molecule has 0 spiro atoms. The summed E-state index contributed by atoms with van der Waals surface area (Å²) in [5.74, 6) is -0.865. The number of carbonyl (C=O) groups excluding carboxylic acids is 1. The number of hydrogen-bond donors (Lipinski definition) is 1. The first-order chi connectivity index (χ1) is 8.95. The van der Waals surface area contributed by atoms with Crippen LogP contribution in [0.4, 0.5) is 4.79 Å². The van der Waals surface area contributed by atoms with Crippen LogP contribution in [0.15, 0.2) is 0 Å². The van der Waals surface area contributed by atoms with E-state index in [4.69, 9.17) is 5.11 Å². The number of hydrogen-bond acceptors (Lipinski definition) is 3. The van der Waals surface area contributed by atoms with Crippen molar-refractivity contribution in [3.8, 4) is 0 Å². The van der Waals surface area contributed by atoms with Gasteiger partial charge in [-0.05, 0) is 20.8 Å². The third kappa shape index (κ3) is 4.70. The van der Waals surface area contributed by atoms with Crippen LogP contribution in [0.3, 0.4) is 0 Å². The molecule has 0 atom stereocenters. The predicted molar refractivity (Wildman–Crippen MR) is 73.2 cm³/mol. The number of urea groups is 1. The van der Waals surface area contributed by atoms with Gasteiger partial charge in [-0.25, -0.2) is 4.79 Å². The molecule has 1 heterocycles. The lowest BCUT2D eigenvalue weighted by Gasteiger charge is -2.38. The van der Waals surface area contributed by atoms with Crippen LogP contribution in [-0.4, -0.2) is 77.1 Å². The molecule has 1 aliphatic heterocycles. The molecule has 0 saturated carbocycles. The molecule has 0 aromatic heterocycles.